The highest BCUT2D eigenvalue weighted by Gasteiger charge is 2.38. The molecule has 2 aromatic heterocycles. The minimum Gasteiger partial charge on any atom is -0.390 e. The fraction of sp³-hybridized carbons (Fsp3) is 0.433. The molecule has 0 spiro atoms. The van der Waals surface area contributed by atoms with Gasteiger partial charge in [0.1, 0.15) is 40.3 Å². The van der Waals surface area contributed by atoms with Crippen LogP contribution in [0.4, 0.5) is 10.1 Å². The number of ether oxygens (including phenoxy) is 1. The summed E-state index contributed by atoms with van der Waals surface area (Å²) >= 11 is 0. The smallest absolute Gasteiger partial charge is 0.270 e. The third-order valence-corrected chi connectivity index (χ3v) is 7.30. The predicted octanol–water partition coefficient (Wildman–Crippen LogP) is 4.66. The summed E-state index contributed by atoms with van der Waals surface area (Å²) in [7, 11) is 5.04. The van der Waals surface area contributed by atoms with Gasteiger partial charge in [0.05, 0.1) is 29.1 Å². The highest BCUT2D eigenvalue weighted by molar-refractivity contribution is 6.02. The summed E-state index contributed by atoms with van der Waals surface area (Å²) in [5, 5.41) is 24.0. The van der Waals surface area contributed by atoms with E-state index in [0.29, 0.717) is 36.0 Å². The molecule has 1 aliphatic carbocycles. The van der Waals surface area contributed by atoms with Crippen molar-refractivity contribution in [2.45, 2.75) is 57.8 Å². The number of hydrogen-bond donors (Lipinski definition) is 0. The third kappa shape index (κ3) is 5.68. The predicted molar refractivity (Wildman–Crippen MR) is 151 cm³/mol. The molecule has 4 rings (SSSR count). The van der Waals surface area contributed by atoms with Crippen LogP contribution >= 0.6 is 0 Å². The first-order valence-electron chi connectivity index (χ1n) is 13.1. The van der Waals surface area contributed by atoms with E-state index in [1.165, 1.54) is 16.7 Å². The first-order valence-corrected chi connectivity index (χ1v) is 13.1. The van der Waals surface area contributed by atoms with Crippen molar-refractivity contribution >= 4 is 22.4 Å². The Labute approximate surface area is 233 Å². The van der Waals surface area contributed by atoms with Crippen LogP contribution in [-0.2, 0) is 16.6 Å². The summed E-state index contributed by atoms with van der Waals surface area (Å²) in [4.78, 5) is 25.3. The Morgan fingerprint density at radius 2 is 1.85 bits per heavy atom. The Kier molecular flexibility index (Phi) is 8.22. The highest BCUT2D eigenvalue weighted by atomic mass is 19.1. The minimum absolute atomic E-state index is 0.0378. The molecule has 1 aliphatic rings. The maximum Gasteiger partial charge on any atom is 0.270 e. The summed E-state index contributed by atoms with van der Waals surface area (Å²) in [5.74, 6) is -0.371. The molecule has 208 valence electrons. The standard InChI is InChI=1S/C30H33FN6O3/c1-30(2,3)40-35-26(18-7-10-20(31)11-8-18)19-9-13-23(25(15-19)39-6)36(4)28-22(17-33)29(38)37(5)24-14-12-21(16-32)34-27(24)28/h7-8,10-12,14,19,23,25H,9,13,15H2,1-6H3/b35-26+/t19-,23+,25+/m0/s1. The molecule has 0 N–H and O–H groups in total. The van der Waals surface area contributed by atoms with E-state index in [1.54, 1.807) is 38.4 Å². The van der Waals surface area contributed by atoms with Crippen molar-refractivity contribution in [3.63, 3.8) is 0 Å². The summed E-state index contributed by atoms with van der Waals surface area (Å²) < 4.78 is 21.0. The molecule has 0 unspecified atom stereocenters. The van der Waals surface area contributed by atoms with Gasteiger partial charge >= 0.3 is 0 Å². The zero-order chi connectivity index (χ0) is 29.2. The quantitative estimate of drug-likeness (QED) is 0.327. The molecule has 3 atom stereocenters. The van der Waals surface area contributed by atoms with Crippen molar-refractivity contribution in [1.29, 1.82) is 10.5 Å². The number of likely N-dealkylation sites (N-methyl/N-ethyl adjacent to an activating group) is 1. The number of benzene rings is 1. The molecule has 40 heavy (non-hydrogen) atoms. The monoisotopic (exact) mass is 544 g/mol. The fourth-order valence-corrected chi connectivity index (χ4v) is 5.29. The van der Waals surface area contributed by atoms with Crippen LogP contribution in [0.15, 0.2) is 46.3 Å². The lowest BCUT2D eigenvalue weighted by Crippen LogP contribution is -2.48. The topological polar surface area (TPSA) is 117 Å². The molecule has 10 heteroatoms. The molecule has 1 saturated carbocycles. The molecular formula is C30H33FN6O3. The third-order valence-electron chi connectivity index (χ3n) is 7.30. The van der Waals surface area contributed by atoms with Crippen molar-refractivity contribution in [2.24, 2.45) is 18.1 Å². The van der Waals surface area contributed by atoms with E-state index in [-0.39, 0.29) is 35.1 Å². The fourth-order valence-electron chi connectivity index (χ4n) is 5.29. The molecule has 1 fully saturated rings. The second-order valence-electron chi connectivity index (χ2n) is 11.0. The van der Waals surface area contributed by atoms with Gasteiger partial charge in [0, 0.05) is 27.1 Å². The van der Waals surface area contributed by atoms with Gasteiger partial charge in [-0.15, -0.1) is 0 Å². The molecule has 0 amide bonds. The maximum atomic E-state index is 13.7. The van der Waals surface area contributed by atoms with Crippen LogP contribution in [0, 0.1) is 34.4 Å². The number of rotatable bonds is 6. The summed E-state index contributed by atoms with van der Waals surface area (Å²) in [6.45, 7) is 5.74. The lowest BCUT2D eigenvalue weighted by atomic mass is 9.78. The highest BCUT2D eigenvalue weighted by Crippen LogP contribution is 2.36. The van der Waals surface area contributed by atoms with Crippen LogP contribution in [0.5, 0.6) is 0 Å². The van der Waals surface area contributed by atoms with Gasteiger partial charge in [0.15, 0.2) is 0 Å². The van der Waals surface area contributed by atoms with Crippen LogP contribution in [-0.4, -0.2) is 47.2 Å². The van der Waals surface area contributed by atoms with Gasteiger partial charge < -0.3 is 19.0 Å². The van der Waals surface area contributed by atoms with Crippen LogP contribution in [0.2, 0.25) is 0 Å². The number of nitriles is 2. The number of aryl methyl sites for hydroxylation is 1. The summed E-state index contributed by atoms with van der Waals surface area (Å²) in [6, 6.07) is 13.3. The summed E-state index contributed by atoms with van der Waals surface area (Å²) in [5.41, 5.74) is 2.02. The lowest BCUT2D eigenvalue weighted by molar-refractivity contribution is -0.00136. The Hall–Kier alpha value is -4.28. The van der Waals surface area contributed by atoms with Gasteiger partial charge in [-0.3, -0.25) is 4.79 Å². The average molecular weight is 545 g/mol. The number of aromatic nitrogens is 2. The van der Waals surface area contributed by atoms with Crippen LogP contribution in [0.3, 0.4) is 0 Å². The van der Waals surface area contributed by atoms with E-state index >= 15 is 0 Å². The van der Waals surface area contributed by atoms with Crippen LogP contribution in [0.25, 0.3) is 11.0 Å². The number of pyridine rings is 2. The first-order chi connectivity index (χ1) is 19.0. The van der Waals surface area contributed by atoms with E-state index in [2.05, 4.69) is 16.2 Å². The summed E-state index contributed by atoms with van der Waals surface area (Å²) in [6.07, 6.45) is 1.64. The lowest BCUT2D eigenvalue weighted by Gasteiger charge is -2.41. The number of hydrogen-bond acceptors (Lipinski definition) is 8. The van der Waals surface area contributed by atoms with E-state index in [0.717, 1.165) is 11.3 Å². The van der Waals surface area contributed by atoms with Gasteiger partial charge in [-0.05, 0) is 69.9 Å². The Balaban J connectivity index is 1.74. The average Bonchev–Trinajstić information content (AvgIpc) is 2.94. The number of methoxy groups -OCH3 is 1. The van der Waals surface area contributed by atoms with E-state index in [9.17, 15) is 19.7 Å². The van der Waals surface area contributed by atoms with E-state index in [4.69, 9.17) is 9.57 Å². The molecule has 0 saturated heterocycles. The van der Waals surface area contributed by atoms with Crippen LogP contribution in [0.1, 0.15) is 56.9 Å². The number of fused-ring (bicyclic) bond motifs is 1. The van der Waals surface area contributed by atoms with Gasteiger partial charge in [-0.2, -0.15) is 10.5 Å². The van der Waals surface area contributed by atoms with Gasteiger partial charge in [-0.1, -0.05) is 17.3 Å². The number of oxime groups is 1. The Bertz CT molecular complexity index is 1580. The molecule has 2 heterocycles. The zero-order valence-electron chi connectivity index (χ0n) is 23.6. The van der Waals surface area contributed by atoms with Gasteiger partial charge in [-0.25, -0.2) is 9.37 Å². The number of halogens is 1. The van der Waals surface area contributed by atoms with Gasteiger partial charge in [0.2, 0.25) is 0 Å². The van der Waals surface area contributed by atoms with Gasteiger partial charge in [0.25, 0.3) is 5.56 Å². The molecule has 0 aliphatic heterocycles. The second kappa shape index (κ2) is 11.4. The van der Waals surface area contributed by atoms with Crippen molar-refractivity contribution in [3.05, 3.63) is 69.4 Å². The largest absolute Gasteiger partial charge is 0.390 e. The van der Waals surface area contributed by atoms with Crippen molar-refractivity contribution in [2.75, 3.05) is 19.1 Å². The molecule has 3 aromatic rings. The number of anilines is 1. The molecule has 1 aromatic carbocycles. The van der Waals surface area contributed by atoms with Crippen LogP contribution < -0.4 is 10.5 Å². The first kappa shape index (κ1) is 28.7. The minimum atomic E-state index is -0.507. The zero-order valence-corrected chi connectivity index (χ0v) is 23.6. The second-order valence-corrected chi connectivity index (χ2v) is 11.0. The van der Waals surface area contributed by atoms with E-state index < -0.39 is 11.2 Å². The molecule has 0 bridgehead atoms. The van der Waals surface area contributed by atoms with E-state index in [1.807, 2.05) is 38.8 Å². The Morgan fingerprint density at radius 1 is 1.15 bits per heavy atom. The normalized spacial score (nSPS) is 19.6. The molecular weight excluding hydrogens is 511 g/mol. The van der Waals surface area contributed by atoms with Crippen molar-refractivity contribution in [1.82, 2.24) is 9.55 Å². The Morgan fingerprint density at radius 3 is 2.45 bits per heavy atom. The number of nitrogens with zero attached hydrogens (tertiary/aromatic N) is 6. The maximum absolute atomic E-state index is 13.7. The van der Waals surface area contributed by atoms with Crippen molar-refractivity contribution in [3.8, 4) is 12.1 Å². The van der Waals surface area contributed by atoms with Crippen molar-refractivity contribution < 1.29 is 14.0 Å². The molecule has 0 radical (unpaired) electrons. The SMILES string of the molecule is CO[C@@H]1C[C@@H](/C(=N/OC(C)(C)C)c2ccc(F)cc2)CC[C@H]1N(C)c1c(C#N)c(=O)n(C)c2ccc(C#N)nc12. The molecule has 9 nitrogen and oxygen atoms in total.